The molecule has 0 bridgehead atoms. The predicted octanol–water partition coefficient (Wildman–Crippen LogP) is 4.75. The normalized spacial score (nSPS) is 17.8. The fourth-order valence-electron chi connectivity index (χ4n) is 5.32. The van der Waals surface area contributed by atoms with Crippen LogP contribution in [0.4, 0.5) is 5.69 Å². The smallest absolute Gasteiger partial charge is 0.271 e. The van der Waals surface area contributed by atoms with Crippen molar-refractivity contribution in [2.45, 2.75) is 46.1 Å². The molecule has 1 amide bonds. The van der Waals surface area contributed by atoms with Gasteiger partial charge in [0.15, 0.2) is 4.80 Å². The van der Waals surface area contributed by atoms with Gasteiger partial charge >= 0.3 is 0 Å². The van der Waals surface area contributed by atoms with Crippen LogP contribution in [0.3, 0.4) is 0 Å². The molecule has 0 N–H and O–H groups in total. The number of hydrogen-bond acceptors (Lipinski definition) is 5. The van der Waals surface area contributed by atoms with E-state index >= 15 is 0 Å². The summed E-state index contributed by atoms with van der Waals surface area (Å²) in [5, 5.41) is 0.603. The van der Waals surface area contributed by atoms with Crippen molar-refractivity contribution < 1.29 is 4.79 Å². The van der Waals surface area contributed by atoms with Crippen LogP contribution in [-0.2, 0) is 4.79 Å². The van der Waals surface area contributed by atoms with E-state index < -0.39 is 6.04 Å². The highest BCUT2D eigenvalue weighted by Gasteiger charge is 2.34. The van der Waals surface area contributed by atoms with Crippen LogP contribution in [0.15, 0.2) is 69.6 Å². The number of rotatable bonds is 6. The Labute approximate surface area is 232 Å². The number of thiazole rings is 1. The second-order valence-electron chi connectivity index (χ2n) is 9.75. The lowest BCUT2D eigenvalue weighted by Gasteiger charge is -2.29. The van der Waals surface area contributed by atoms with Gasteiger partial charge in [0, 0.05) is 36.9 Å². The van der Waals surface area contributed by atoms with Gasteiger partial charge in [0.05, 0.1) is 21.8 Å². The highest BCUT2D eigenvalue weighted by atomic mass is 35.5. The van der Waals surface area contributed by atoms with E-state index in [1.54, 1.807) is 21.6 Å². The molecule has 3 heterocycles. The maximum absolute atomic E-state index is 13.9. The van der Waals surface area contributed by atoms with Gasteiger partial charge in [0.2, 0.25) is 0 Å². The van der Waals surface area contributed by atoms with Crippen molar-refractivity contribution in [1.82, 2.24) is 9.47 Å². The first-order valence-corrected chi connectivity index (χ1v) is 14.5. The maximum Gasteiger partial charge on any atom is 0.271 e. The molecule has 1 fully saturated rings. The number of aromatic nitrogens is 1. The van der Waals surface area contributed by atoms with Crippen molar-refractivity contribution in [2.75, 3.05) is 31.1 Å². The Morgan fingerprint density at radius 3 is 2.34 bits per heavy atom. The van der Waals surface area contributed by atoms with Gasteiger partial charge in [0.1, 0.15) is 0 Å². The minimum atomic E-state index is -0.569. The molecule has 0 saturated carbocycles. The predicted molar refractivity (Wildman–Crippen MR) is 156 cm³/mol. The molecule has 198 valence electrons. The molecule has 2 aliphatic rings. The van der Waals surface area contributed by atoms with Gasteiger partial charge < -0.3 is 9.80 Å². The number of fused-ring (bicyclic) bond motifs is 1. The molecule has 1 atom stereocenters. The molecule has 8 heteroatoms. The first-order chi connectivity index (χ1) is 18.4. The van der Waals surface area contributed by atoms with E-state index in [9.17, 15) is 9.59 Å². The van der Waals surface area contributed by atoms with Crippen molar-refractivity contribution >= 4 is 40.6 Å². The third-order valence-electron chi connectivity index (χ3n) is 7.40. The molecule has 5 rings (SSSR count). The minimum Gasteiger partial charge on any atom is -0.372 e. The highest BCUT2D eigenvalue weighted by Crippen LogP contribution is 2.32. The molecule has 38 heavy (non-hydrogen) atoms. The second kappa shape index (κ2) is 11.3. The number of amides is 1. The lowest BCUT2D eigenvalue weighted by molar-refractivity contribution is -0.127. The number of hydrogen-bond donors (Lipinski definition) is 0. The molecule has 2 aliphatic heterocycles. The zero-order chi connectivity index (χ0) is 26.8. The zero-order valence-corrected chi connectivity index (χ0v) is 23.7. The van der Waals surface area contributed by atoms with Crippen LogP contribution in [0.1, 0.15) is 57.2 Å². The number of piperidine rings is 1. The van der Waals surface area contributed by atoms with Gasteiger partial charge in [-0.25, -0.2) is 4.99 Å². The van der Waals surface area contributed by atoms with E-state index in [1.807, 2.05) is 39.0 Å². The third kappa shape index (κ3) is 5.09. The summed E-state index contributed by atoms with van der Waals surface area (Å²) in [7, 11) is 0. The Morgan fingerprint density at radius 1 is 1.05 bits per heavy atom. The van der Waals surface area contributed by atoms with Gasteiger partial charge in [-0.3, -0.25) is 14.2 Å². The monoisotopic (exact) mass is 548 g/mol. The largest absolute Gasteiger partial charge is 0.372 e. The number of nitrogens with zero attached hydrogens (tertiary/aromatic N) is 4. The van der Waals surface area contributed by atoms with Crippen LogP contribution >= 0.6 is 22.9 Å². The molecule has 1 aromatic heterocycles. The van der Waals surface area contributed by atoms with Crippen molar-refractivity contribution in [3.8, 4) is 0 Å². The molecule has 0 unspecified atom stereocenters. The fourth-order valence-corrected chi connectivity index (χ4v) is 6.49. The Kier molecular flexibility index (Phi) is 7.86. The van der Waals surface area contributed by atoms with Crippen molar-refractivity contribution in [3.05, 3.63) is 95.6 Å². The van der Waals surface area contributed by atoms with Gasteiger partial charge in [-0.1, -0.05) is 47.2 Å². The second-order valence-corrected chi connectivity index (χ2v) is 11.2. The number of anilines is 1. The van der Waals surface area contributed by atoms with Gasteiger partial charge in [0.25, 0.3) is 11.5 Å². The van der Waals surface area contributed by atoms with Crippen LogP contribution < -0.4 is 19.8 Å². The van der Waals surface area contributed by atoms with Crippen molar-refractivity contribution in [2.24, 2.45) is 4.99 Å². The lowest BCUT2D eigenvalue weighted by atomic mass is 9.94. The molecule has 6 nitrogen and oxygen atoms in total. The van der Waals surface area contributed by atoms with Crippen LogP contribution in [0.25, 0.3) is 6.08 Å². The van der Waals surface area contributed by atoms with Crippen LogP contribution in [0, 0.1) is 0 Å². The van der Waals surface area contributed by atoms with Gasteiger partial charge in [-0.15, -0.1) is 0 Å². The average molecular weight is 549 g/mol. The summed E-state index contributed by atoms with van der Waals surface area (Å²) in [6, 6.07) is 15.2. The van der Waals surface area contributed by atoms with Crippen molar-refractivity contribution in [3.63, 3.8) is 0 Å². The number of carbonyl (C=O) groups is 1. The number of halogens is 1. The number of benzene rings is 2. The van der Waals surface area contributed by atoms with Crippen LogP contribution in [-0.4, -0.2) is 41.6 Å². The van der Waals surface area contributed by atoms with E-state index in [0.717, 1.165) is 24.2 Å². The average Bonchev–Trinajstić information content (AvgIpc) is 3.24. The van der Waals surface area contributed by atoms with Crippen molar-refractivity contribution in [1.29, 1.82) is 0 Å². The lowest BCUT2D eigenvalue weighted by Crippen LogP contribution is -2.43. The SMILES string of the molecule is CCN(CC)C(=O)C1=C(C)N=c2s/c(=C\c3ccc(N4CCCCC4)cc3)c(=O)n2[C@@H]1c1ccc(Cl)cc1. The fraction of sp³-hybridized carbons (Fsp3) is 0.367. The number of carbonyl (C=O) groups excluding carboxylic acids is 1. The molecule has 1 saturated heterocycles. The van der Waals surface area contributed by atoms with E-state index in [0.29, 0.717) is 38.7 Å². The molecule has 2 aromatic carbocycles. The quantitative estimate of drug-likeness (QED) is 0.447. The zero-order valence-electron chi connectivity index (χ0n) is 22.1. The summed E-state index contributed by atoms with van der Waals surface area (Å²) in [5.41, 5.74) is 4.04. The summed E-state index contributed by atoms with van der Waals surface area (Å²) in [6.07, 6.45) is 5.69. The summed E-state index contributed by atoms with van der Waals surface area (Å²) >= 11 is 7.54. The molecule has 3 aromatic rings. The Morgan fingerprint density at radius 2 is 1.71 bits per heavy atom. The van der Waals surface area contributed by atoms with Gasteiger partial charge in [-0.05, 0) is 81.5 Å². The topological polar surface area (TPSA) is 57.9 Å². The van der Waals surface area contributed by atoms with Crippen LogP contribution in [0.2, 0.25) is 5.02 Å². The molecule has 0 spiro atoms. The molecule has 0 aliphatic carbocycles. The van der Waals surface area contributed by atoms with Crippen LogP contribution in [0.5, 0.6) is 0 Å². The first-order valence-electron chi connectivity index (χ1n) is 13.3. The Hall–Kier alpha value is -3.16. The summed E-state index contributed by atoms with van der Waals surface area (Å²) in [6.45, 7) is 9.12. The summed E-state index contributed by atoms with van der Waals surface area (Å²) < 4.78 is 2.27. The number of likely N-dealkylation sites (N-methyl/N-ethyl adjacent to an activating group) is 1. The molecular weight excluding hydrogens is 516 g/mol. The minimum absolute atomic E-state index is 0.0984. The van der Waals surface area contributed by atoms with E-state index in [-0.39, 0.29) is 11.5 Å². The first kappa shape index (κ1) is 26.4. The standard InChI is InChI=1S/C30H33ClN4O2S/c1-4-33(5-2)29(37)26-20(3)32-30-35(27(26)22-11-13-23(31)14-12-22)28(36)25(38-30)19-21-9-15-24(16-10-21)34-17-7-6-8-18-34/h9-16,19,27H,4-8,17-18H2,1-3H3/b25-19-/t27-/m1/s1. The van der Waals surface area contributed by atoms with E-state index in [1.165, 1.54) is 36.3 Å². The number of allylic oxidation sites excluding steroid dienone is 1. The van der Waals surface area contributed by atoms with Gasteiger partial charge in [-0.2, -0.15) is 0 Å². The maximum atomic E-state index is 13.9. The Bertz CT molecular complexity index is 1530. The van der Waals surface area contributed by atoms with E-state index in [4.69, 9.17) is 16.6 Å². The molecule has 0 radical (unpaired) electrons. The molecular formula is C30H33ClN4O2S. The highest BCUT2D eigenvalue weighted by molar-refractivity contribution is 7.07. The van der Waals surface area contributed by atoms with E-state index in [2.05, 4.69) is 29.2 Å². The third-order valence-corrected chi connectivity index (χ3v) is 8.64. The summed E-state index contributed by atoms with van der Waals surface area (Å²) in [5.74, 6) is -0.0984. The summed E-state index contributed by atoms with van der Waals surface area (Å²) in [4.78, 5) is 37.1. The Balaban J connectivity index is 1.59.